The zero-order valence-corrected chi connectivity index (χ0v) is 14.2. The van der Waals surface area contributed by atoms with E-state index in [2.05, 4.69) is 16.2 Å². The average molecular weight is 379 g/mol. The van der Waals surface area contributed by atoms with Crippen molar-refractivity contribution in [3.05, 3.63) is 58.9 Å². The Morgan fingerprint density at radius 2 is 2.04 bits per heavy atom. The fourth-order valence-electron chi connectivity index (χ4n) is 1.73. The number of amides is 1. The molecule has 3 N–H and O–H groups in total. The van der Waals surface area contributed by atoms with E-state index in [4.69, 9.17) is 33.8 Å². The number of nitrogens with one attached hydrogen (secondary N) is 3. The van der Waals surface area contributed by atoms with E-state index in [1.807, 2.05) is 6.07 Å². The molecule has 0 spiro atoms. The molecule has 0 aromatic heterocycles. The molecule has 0 saturated carbocycles. The van der Waals surface area contributed by atoms with Crippen molar-refractivity contribution < 1.29 is 13.9 Å². The molecule has 1 amide bonds. The summed E-state index contributed by atoms with van der Waals surface area (Å²) in [6, 6.07) is 12.5. The quantitative estimate of drug-likeness (QED) is 0.560. The third kappa shape index (κ3) is 5.60. The molecular weight excluding hydrogens is 367 g/mol. The van der Waals surface area contributed by atoms with Gasteiger partial charge in [0.15, 0.2) is 11.7 Å². The summed E-state index contributed by atoms with van der Waals surface area (Å²) >= 11 is 10.7. The first-order chi connectivity index (χ1) is 12.0. The number of anilines is 1. The van der Waals surface area contributed by atoms with Gasteiger partial charge < -0.3 is 10.1 Å². The topological polar surface area (TPSA) is 86.2 Å². The van der Waals surface area contributed by atoms with Crippen LogP contribution in [0.15, 0.2) is 42.5 Å². The largest absolute Gasteiger partial charge is 0.482 e. The van der Waals surface area contributed by atoms with Crippen LogP contribution in [0.4, 0.5) is 10.1 Å². The van der Waals surface area contributed by atoms with E-state index in [1.165, 1.54) is 18.2 Å². The zero-order chi connectivity index (χ0) is 18.2. The number of nitrogens with zero attached hydrogens (tertiary/aromatic N) is 1. The van der Waals surface area contributed by atoms with Gasteiger partial charge in [-0.05, 0) is 42.5 Å². The maximum absolute atomic E-state index is 13.1. The maximum Gasteiger partial charge on any atom is 0.276 e. The van der Waals surface area contributed by atoms with Crippen molar-refractivity contribution in [2.24, 2.45) is 0 Å². The second-order valence-corrected chi connectivity index (χ2v) is 5.47. The highest BCUT2D eigenvalue weighted by Gasteiger charge is 2.07. The van der Waals surface area contributed by atoms with Crippen molar-refractivity contribution >= 4 is 40.5 Å². The number of carbonyl (C=O) groups is 1. The molecule has 0 radical (unpaired) electrons. The van der Waals surface area contributed by atoms with E-state index < -0.39 is 11.7 Å². The lowest BCUT2D eigenvalue weighted by Crippen LogP contribution is -2.45. The second-order valence-electron chi connectivity index (χ2n) is 4.65. The molecule has 0 fully saturated rings. The summed E-state index contributed by atoms with van der Waals surface area (Å²) in [6.07, 6.45) is 0. The van der Waals surface area contributed by atoms with E-state index in [9.17, 15) is 9.18 Å². The van der Waals surface area contributed by atoms with Gasteiger partial charge in [-0.2, -0.15) is 5.26 Å². The predicted molar refractivity (Wildman–Crippen MR) is 95.6 cm³/mol. The Kier molecular flexibility index (Phi) is 6.51. The minimum Gasteiger partial charge on any atom is -0.482 e. The van der Waals surface area contributed by atoms with Crippen molar-refractivity contribution in [1.29, 1.82) is 5.26 Å². The Morgan fingerprint density at radius 1 is 1.28 bits per heavy atom. The SMILES string of the molecule is N#Cc1ccccc1OCC(=O)NNC(=S)Nc1ccc(F)c(Cl)c1. The highest BCUT2D eigenvalue weighted by Crippen LogP contribution is 2.19. The van der Waals surface area contributed by atoms with Crippen LogP contribution in [0.3, 0.4) is 0 Å². The lowest BCUT2D eigenvalue weighted by atomic mass is 10.2. The number of nitriles is 1. The Balaban J connectivity index is 1.78. The summed E-state index contributed by atoms with van der Waals surface area (Å²) in [6.45, 7) is -0.309. The van der Waals surface area contributed by atoms with Crippen molar-refractivity contribution in [2.45, 2.75) is 0 Å². The number of halogens is 2. The fourth-order valence-corrected chi connectivity index (χ4v) is 2.08. The number of para-hydroxylation sites is 1. The molecule has 0 atom stereocenters. The van der Waals surface area contributed by atoms with Crippen molar-refractivity contribution in [1.82, 2.24) is 10.9 Å². The van der Waals surface area contributed by atoms with Gasteiger partial charge in [0.05, 0.1) is 10.6 Å². The molecule has 0 aliphatic rings. The van der Waals surface area contributed by atoms with E-state index in [1.54, 1.807) is 24.3 Å². The number of rotatable bonds is 4. The standard InChI is InChI=1S/C16H12ClFN4O2S/c17-12-7-11(5-6-13(12)18)20-16(25)22-21-15(23)9-24-14-4-2-1-3-10(14)8-19/h1-7H,9H2,(H,21,23)(H2,20,22,25). The van der Waals surface area contributed by atoms with Gasteiger partial charge in [0, 0.05) is 5.69 Å². The normalized spacial score (nSPS) is 9.64. The van der Waals surface area contributed by atoms with Gasteiger partial charge in [0.1, 0.15) is 17.6 Å². The smallest absolute Gasteiger partial charge is 0.276 e. The summed E-state index contributed by atoms with van der Waals surface area (Å²) in [5, 5.41) is 11.7. The first-order valence-electron chi connectivity index (χ1n) is 6.92. The lowest BCUT2D eigenvalue weighted by molar-refractivity contribution is -0.123. The number of hydrazine groups is 1. The molecule has 9 heteroatoms. The third-order valence-corrected chi connectivity index (χ3v) is 3.35. The Hall–Kier alpha value is -2.89. The molecule has 0 heterocycles. The molecule has 0 saturated heterocycles. The number of hydrogen-bond donors (Lipinski definition) is 3. The second kappa shape index (κ2) is 8.82. The summed E-state index contributed by atoms with van der Waals surface area (Å²) in [7, 11) is 0. The van der Waals surface area contributed by atoms with Crippen LogP contribution in [0.5, 0.6) is 5.75 Å². The molecule has 0 aliphatic carbocycles. The number of thiocarbonyl (C=S) groups is 1. The van der Waals surface area contributed by atoms with Crippen LogP contribution in [0.1, 0.15) is 5.56 Å². The Morgan fingerprint density at radius 3 is 2.76 bits per heavy atom. The molecule has 6 nitrogen and oxygen atoms in total. The Bertz CT molecular complexity index is 841. The van der Waals surface area contributed by atoms with Crippen LogP contribution in [0, 0.1) is 17.1 Å². The Labute approximate surface area is 153 Å². The van der Waals surface area contributed by atoms with E-state index in [0.717, 1.165) is 0 Å². The van der Waals surface area contributed by atoms with Gasteiger partial charge in [-0.15, -0.1) is 0 Å². The summed E-state index contributed by atoms with van der Waals surface area (Å²) in [5.41, 5.74) is 5.58. The zero-order valence-electron chi connectivity index (χ0n) is 12.7. The number of hydrogen-bond acceptors (Lipinski definition) is 4. The molecule has 0 aliphatic heterocycles. The monoisotopic (exact) mass is 378 g/mol. The first-order valence-corrected chi connectivity index (χ1v) is 7.71. The highest BCUT2D eigenvalue weighted by molar-refractivity contribution is 7.80. The van der Waals surface area contributed by atoms with Crippen LogP contribution in [0.25, 0.3) is 0 Å². The average Bonchev–Trinajstić information content (AvgIpc) is 2.61. The maximum atomic E-state index is 13.1. The highest BCUT2D eigenvalue weighted by atomic mass is 35.5. The van der Waals surface area contributed by atoms with E-state index >= 15 is 0 Å². The van der Waals surface area contributed by atoms with Crippen LogP contribution in [-0.2, 0) is 4.79 Å². The van der Waals surface area contributed by atoms with Crippen molar-refractivity contribution in [2.75, 3.05) is 11.9 Å². The third-order valence-electron chi connectivity index (χ3n) is 2.86. The minimum atomic E-state index is -0.547. The van der Waals surface area contributed by atoms with Gasteiger partial charge in [0.2, 0.25) is 0 Å². The molecule has 2 aromatic carbocycles. The summed E-state index contributed by atoms with van der Waals surface area (Å²) < 4.78 is 18.3. The molecule has 0 bridgehead atoms. The number of ether oxygens (including phenoxy) is 1. The fraction of sp³-hybridized carbons (Fsp3) is 0.0625. The van der Waals surface area contributed by atoms with Crippen molar-refractivity contribution in [3.8, 4) is 11.8 Å². The van der Waals surface area contributed by atoms with Gasteiger partial charge in [-0.1, -0.05) is 23.7 Å². The van der Waals surface area contributed by atoms with Gasteiger partial charge >= 0.3 is 0 Å². The van der Waals surface area contributed by atoms with E-state index in [-0.39, 0.29) is 16.7 Å². The predicted octanol–water partition coefficient (Wildman–Crippen LogP) is 2.75. The van der Waals surface area contributed by atoms with Gasteiger partial charge in [-0.3, -0.25) is 15.6 Å². The molecule has 128 valence electrons. The molecule has 2 rings (SSSR count). The molecular formula is C16H12ClFN4O2S. The summed E-state index contributed by atoms with van der Waals surface area (Å²) in [4.78, 5) is 11.7. The number of carbonyl (C=O) groups excluding carboxylic acids is 1. The minimum absolute atomic E-state index is 0.0543. The van der Waals surface area contributed by atoms with Gasteiger partial charge in [-0.25, -0.2) is 4.39 Å². The molecule has 0 unspecified atom stereocenters. The molecule has 25 heavy (non-hydrogen) atoms. The molecule has 2 aromatic rings. The lowest BCUT2D eigenvalue weighted by Gasteiger charge is -2.12. The summed E-state index contributed by atoms with van der Waals surface area (Å²) in [5.74, 6) is -0.745. The van der Waals surface area contributed by atoms with Gasteiger partial charge in [0.25, 0.3) is 5.91 Å². The van der Waals surface area contributed by atoms with Crippen LogP contribution >= 0.6 is 23.8 Å². The van der Waals surface area contributed by atoms with Crippen LogP contribution < -0.4 is 20.9 Å². The van der Waals surface area contributed by atoms with E-state index in [0.29, 0.717) is 17.0 Å². The number of benzene rings is 2. The first kappa shape index (κ1) is 18.4. The van der Waals surface area contributed by atoms with Crippen LogP contribution in [0.2, 0.25) is 5.02 Å². The van der Waals surface area contributed by atoms with Crippen LogP contribution in [-0.4, -0.2) is 17.6 Å². The van der Waals surface area contributed by atoms with Crippen molar-refractivity contribution in [3.63, 3.8) is 0 Å².